The quantitative estimate of drug-likeness (QED) is 0.664. The summed E-state index contributed by atoms with van der Waals surface area (Å²) < 4.78 is 1.56. The van der Waals surface area contributed by atoms with Crippen molar-refractivity contribution in [3.63, 3.8) is 0 Å². The molecule has 0 radical (unpaired) electrons. The molecule has 0 aliphatic carbocycles. The fourth-order valence-electron chi connectivity index (χ4n) is 2.69. The van der Waals surface area contributed by atoms with E-state index in [1.165, 1.54) is 5.56 Å². The van der Waals surface area contributed by atoms with Gasteiger partial charge in [0.05, 0.1) is 11.1 Å². The minimum atomic E-state index is -0.122. The molecule has 0 saturated heterocycles. The van der Waals surface area contributed by atoms with Crippen LogP contribution in [0.15, 0.2) is 54.7 Å². The lowest BCUT2D eigenvalue weighted by molar-refractivity contribution is 0.0965. The number of nitriles is 1. The van der Waals surface area contributed by atoms with Crippen molar-refractivity contribution in [3.05, 3.63) is 71.4 Å². The van der Waals surface area contributed by atoms with E-state index in [1.54, 1.807) is 10.8 Å². The van der Waals surface area contributed by atoms with Gasteiger partial charge in [-0.1, -0.05) is 51.1 Å². The van der Waals surface area contributed by atoms with Crippen LogP contribution >= 0.6 is 0 Å². The zero-order valence-corrected chi connectivity index (χ0v) is 13.5. The van der Waals surface area contributed by atoms with Gasteiger partial charge in [0, 0.05) is 17.1 Å². The monoisotopic (exact) mass is 302 g/mol. The smallest absolute Gasteiger partial charge is 0.262 e. The van der Waals surface area contributed by atoms with Crippen molar-refractivity contribution in [2.24, 2.45) is 0 Å². The molecule has 0 saturated carbocycles. The molecule has 23 heavy (non-hydrogen) atoms. The number of hydrogen-bond acceptors (Lipinski definition) is 2. The van der Waals surface area contributed by atoms with E-state index in [1.807, 2.05) is 48.5 Å². The van der Waals surface area contributed by atoms with Gasteiger partial charge in [0.2, 0.25) is 0 Å². The number of carbonyl (C=O) groups excluding carboxylic acids is 1. The molecule has 0 fully saturated rings. The Morgan fingerprint density at radius 2 is 1.70 bits per heavy atom. The standard InChI is InChI=1S/C20H18N2O/c1-20(2,3)16-10-8-14(9-11-16)19(23)22-13-15(12-21)17-6-4-5-7-18(17)22/h4-11,13H,1-3H3. The average molecular weight is 302 g/mol. The Hall–Kier alpha value is -2.86. The summed E-state index contributed by atoms with van der Waals surface area (Å²) in [6.07, 6.45) is 1.62. The fourth-order valence-corrected chi connectivity index (χ4v) is 2.69. The van der Waals surface area contributed by atoms with Crippen molar-refractivity contribution in [2.75, 3.05) is 0 Å². The number of rotatable bonds is 1. The molecule has 1 heterocycles. The summed E-state index contributed by atoms with van der Waals surface area (Å²) in [6.45, 7) is 6.42. The van der Waals surface area contributed by atoms with Gasteiger partial charge in [-0.3, -0.25) is 9.36 Å². The van der Waals surface area contributed by atoms with Gasteiger partial charge in [0.25, 0.3) is 5.91 Å². The molecule has 0 unspecified atom stereocenters. The second kappa shape index (κ2) is 5.40. The van der Waals surface area contributed by atoms with Crippen LogP contribution in [0.1, 0.15) is 42.3 Å². The Bertz CT molecular complexity index is 919. The third-order valence-electron chi connectivity index (χ3n) is 4.05. The van der Waals surface area contributed by atoms with E-state index in [4.69, 9.17) is 0 Å². The van der Waals surface area contributed by atoms with Crippen LogP contribution in [0.3, 0.4) is 0 Å². The van der Waals surface area contributed by atoms with E-state index in [9.17, 15) is 10.1 Å². The van der Waals surface area contributed by atoms with Crippen LogP contribution in [0.2, 0.25) is 0 Å². The predicted molar refractivity (Wildman–Crippen MR) is 91.5 cm³/mol. The molecule has 3 aromatic rings. The van der Waals surface area contributed by atoms with Gasteiger partial charge in [0.1, 0.15) is 6.07 Å². The molecule has 1 aromatic heterocycles. The van der Waals surface area contributed by atoms with E-state index in [0.29, 0.717) is 11.1 Å². The van der Waals surface area contributed by atoms with Gasteiger partial charge < -0.3 is 0 Å². The van der Waals surface area contributed by atoms with E-state index in [0.717, 1.165) is 10.9 Å². The van der Waals surface area contributed by atoms with Gasteiger partial charge in [-0.25, -0.2) is 0 Å². The van der Waals surface area contributed by atoms with Crippen LogP contribution < -0.4 is 0 Å². The summed E-state index contributed by atoms with van der Waals surface area (Å²) in [5.74, 6) is -0.122. The molecule has 2 aromatic carbocycles. The number of fused-ring (bicyclic) bond motifs is 1. The van der Waals surface area contributed by atoms with Gasteiger partial charge in [0.15, 0.2) is 0 Å². The first kappa shape index (κ1) is 15.1. The molecule has 0 aliphatic rings. The largest absolute Gasteiger partial charge is 0.282 e. The normalized spacial score (nSPS) is 11.4. The molecule has 0 N–H and O–H groups in total. The maximum atomic E-state index is 12.8. The van der Waals surface area contributed by atoms with Crippen LogP contribution in [0.4, 0.5) is 0 Å². The van der Waals surface area contributed by atoms with Gasteiger partial charge in [-0.15, -0.1) is 0 Å². The number of benzene rings is 2. The number of para-hydroxylation sites is 1. The van der Waals surface area contributed by atoms with Gasteiger partial charge in [-0.05, 0) is 29.2 Å². The number of nitrogens with zero attached hydrogens (tertiary/aromatic N) is 2. The molecule has 0 amide bonds. The lowest BCUT2D eigenvalue weighted by atomic mass is 9.87. The SMILES string of the molecule is CC(C)(C)c1ccc(C(=O)n2cc(C#N)c3ccccc32)cc1. The topological polar surface area (TPSA) is 45.8 Å². The molecule has 0 aliphatic heterocycles. The number of carbonyl (C=O) groups is 1. The molecule has 3 rings (SSSR count). The zero-order chi connectivity index (χ0) is 16.6. The summed E-state index contributed by atoms with van der Waals surface area (Å²) in [7, 11) is 0. The lowest BCUT2D eigenvalue weighted by Gasteiger charge is -2.19. The van der Waals surface area contributed by atoms with Crippen molar-refractivity contribution in [1.82, 2.24) is 4.57 Å². The first-order chi connectivity index (χ1) is 10.9. The zero-order valence-electron chi connectivity index (χ0n) is 13.5. The average Bonchev–Trinajstić information content (AvgIpc) is 2.92. The van der Waals surface area contributed by atoms with E-state index in [2.05, 4.69) is 26.8 Å². The summed E-state index contributed by atoms with van der Waals surface area (Å²) >= 11 is 0. The Morgan fingerprint density at radius 1 is 1.04 bits per heavy atom. The summed E-state index contributed by atoms with van der Waals surface area (Å²) in [5, 5.41) is 10.1. The molecule has 3 heteroatoms. The highest BCUT2D eigenvalue weighted by molar-refractivity contribution is 6.03. The molecule has 0 spiro atoms. The highest BCUT2D eigenvalue weighted by atomic mass is 16.2. The van der Waals surface area contributed by atoms with Crippen LogP contribution in [0.25, 0.3) is 10.9 Å². The van der Waals surface area contributed by atoms with Crippen LogP contribution in [0.5, 0.6) is 0 Å². The number of aromatic nitrogens is 1. The minimum Gasteiger partial charge on any atom is -0.282 e. The maximum Gasteiger partial charge on any atom is 0.262 e. The lowest BCUT2D eigenvalue weighted by Crippen LogP contribution is -2.13. The van der Waals surface area contributed by atoms with Gasteiger partial charge in [-0.2, -0.15) is 5.26 Å². The third-order valence-corrected chi connectivity index (χ3v) is 4.05. The first-order valence-electron chi connectivity index (χ1n) is 7.57. The second-order valence-electron chi connectivity index (χ2n) is 6.67. The van der Waals surface area contributed by atoms with E-state index < -0.39 is 0 Å². The van der Waals surface area contributed by atoms with Crippen molar-refractivity contribution >= 4 is 16.8 Å². The van der Waals surface area contributed by atoms with Crippen molar-refractivity contribution in [3.8, 4) is 6.07 Å². The Kier molecular flexibility index (Phi) is 3.54. The van der Waals surface area contributed by atoms with E-state index >= 15 is 0 Å². The summed E-state index contributed by atoms with van der Waals surface area (Å²) in [6, 6.07) is 17.3. The first-order valence-corrected chi connectivity index (χ1v) is 7.57. The van der Waals surface area contributed by atoms with Crippen molar-refractivity contribution in [2.45, 2.75) is 26.2 Å². The van der Waals surface area contributed by atoms with E-state index in [-0.39, 0.29) is 11.3 Å². The highest BCUT2D eigenvalue weighted by Crippen LogP contribution is 2.24. The number of hydrogen-bond donors (Lipinski definition) is 0. The molecule has 3 nitrogen and oxygen atoms in total. The molecule has 0 bridgehead atoms. The fraction of sp³-hybridized carbons (Fsp3) is 0.200. The van der Waals surface area contributed by atoms with Gasteiger partial charge >= 0.3 is 0 Å². The van der Waals surface area contributed by atoms with Crippen LogP contribution in [-0.2, 0) is 5.41 Å². The maximum absolute atomic E-state index is 12.8. The predicted octanol–water partition coefficient (Wildman–Crippen LogP) is 4.50. The summed E-state index contributed by atoms with van der Waals surface area (Å²) in [5.41, 5.74) is 3.12. The second-order valence-corrected chi connectivity index (χ2v) is 6.67. The Labute approximate surface area is 135 Å². The van der Waals surface area contributed by atoms with Crippen molar-refractivity contribution < 1.29 is 4.79 Å². The highest BCUT2D eigenvalue weighted by Gasteiger charge is 2.17. The molecular formula is C20H18N2O. The van der Waals surface area contributed by atoms with Crippen LogP contribution in [-0.4, -0.2) is 10.5 Å². The summed E-state index contributed by atoms with van der Waals surface area (Å²) in [4.78, 5) is 12.8. The molecular weight excluding hydrogens is 284 g/mol. The Morgan fingerprint density at radius 3 is 2.30 bits per heavy atom. The molecule has 0 atom stereocenters. The molecule has 114 valence electrons. The minimum absolute atomic E-state index is 0.0513. The van der Waals surface area contributed by atoms with Crippen LogP contribution in [0, 0.1) is 11.3 Å². The van der Waals surface area contributed by atoms with Crippen molar-refractivity contribution in [1.29, 1.82) is 5.26 Å². The Balaban J connectivity index is 2.06. The third kappa shape index (κ3) is 2.64.